The predicted octanol–water partition coefficient (Wildman–Crippen LogP) is 4.39. The molecule has 1 amide bonds. The molecule has 0 N–H and O–H groups in total. The maximum Gasteiger partial charge on any atom is 0.266 e. The minimum absolute atomic E-state index is 0.0305. The summed E-state index contributed by atoms with van der Waals surface area (Å²) < 4.78 is 12.1. The second-order valence-corrected chi connectivity index (χ2v) is 9.01. The maximum absolute atomic E-state index is 13.1. The Morgan fingerprint density at radius 3 is 2.77 bits per heavy atom. The first-order valence-electron chi connectivity index (χ1n) is 10.4. The summed E-state index contributed by atoms with van der Waals surface area (Å²) in [5.41, 5.74) is 1.99. The largest absolute Gasteiger partial charge is 0.484 e. The van der Waals surface area contributed by atoms with Gasteiger partial charge >= 0.3 is 0 Å². The van der Waals surface area contributed by atoms with Crippen molar-refractivity contribution in [2.75, 3.05) is 50.9 Å². The number of carbonyl (C=O) groups excluding carboxylic acids is 1. The molecule has 1 saturated heterocycles. The fourth-order valence-corrected chi connectivity index (χ4v) is 4.75. The van der Waals surface area contributed by atoms with Gasteiger partial charge in [-0.3, -0.25) is 14.6 Å². The van der Waals surface area contributed by atoms with Crippen LogP contribution >= 0.6 is 22.9 Å². The van der Waals surface area contributed by atoms with E-state index in [0.29, 0.717) is 22.4 Å². The summed E-state index contributed by atoms with van der Waals surface area (Å²) in [6, 6.07) is 13.3. The Morgan fingerprint density at radius 2 is 2.00 bits per heavy atom. The van der Waals surface area contributed by atoms with Crippen molar-refractivity contribution in [3.8, 4) is 5.75 Å². The highest BCUT2D eigenvalue weighted by atomic mass is 35.5. The molecule has 2 aromatic carbocycles. The maximum atomic E-state index is 13.1. The lowest BCUT2D eigenvalue weighted by atomic mass is 10.2. The molecule has 8 heteroatoms. The summed E-state index contributed by atoms with van der Waals surface area (Å²) in [5, 5.41) is 1.34. The molecule has 164 valence electrons. The van der Waals surface area contributed by atoms with E-state index in [2.05, 4.69) is 9.88 Å². The molecule has 1 aromatic heterocycles. The summed E-state index contributed by atoms with van der Waals surface area (Å²) in [7, 11) is 0. The Hall–Kier alpha value is -2.19. The van der Waals surface area contributed by atoms with Crippen molar-refractivity contribution < 1.29 is 14.3 Å². The second kappa shape index (κ2) is 10.4. The van der Waals surface area contributed by atoms with Crippen LogP contribution in [0.1, 0.15) is 12.0 Å². The lowest BCUT2D eigenvalue weighted by molar-refractivity contribution is -0.120. The number of aryl methyl sites for hydroxylation is 1. The highest BCUT2D eigenvalue weighted by Crippen LogP contribution is 2.31. The molecule has 4 rings (SSSR count). The summed E-state index contributed by atoms with van der Waals surface area (Å²) in [4.78, 5) is 21.9. The van der Waals surface area contributed by atoms with Gasteiger partial charge in [0.05, 0.1) is 23.4 Å². The topological polar surface area (TPSA) is 54.9 Å². The van der Waals surface area contributed by atoms with Gasteiger partial charge in [0.1, 0.15) is 5.75 Å². The Bertz CT molecular complexity index is 1020. The highest BCUT2D eigenvalue weighted by molar-refractivity contribution is 7.22. The quantitative estimate of drug-likeness (QED) is 0.500. The van der Waals surface area contributed by atoms with Crippen LogP contribution in [0.5, 0.6) is 5.75 Å². The van der Waals surface area contributed by atoms with E-state index < -0.39 is 0 Å². The molecule has 2 heterocycles. The molecular formula is C23H26ClN3O3S. The van der Waals surface area contributed by atoms with Gasteiger partial charge < -0.3 is 9.47 Å². The summed E-state index contributed by atoms with van der Waals surface area (Å²) in [6.07, 6.45) is 0.854. The molecule has 0 aliphatic carbocycles. The summed E-state index contributed by atoms with van der Waals surface area (Å²) >= 11 is 7.61. The van der Waals surface area contributed by atoms with Crippen molar-refractivity contribution in [3.63, 3.8) is 0 Å². The van der Waals surface area contributed by atoms with Crippen LogP contribution in [-0.2, 0) is 9.53 Å². The van der Waals surface area contributed by atoms with Crippen molar-refractivity contribution in [1.29, 1.82) is 0 Å². The van der Waals surface area contributed by atoms with Crippen molar-refractivity contribution in [3.05, 3.63) is 53.1 Å². The first kappa shape index (κ1) is 22.0. The van der Waals surface area contributed by atoms with Gasteiger partial charge in [-0.2, -0.15) is 0 Å². The van der Waals surface area contributed by atoms with Crippen molar-refractivity contribution in [2.24, 2.45) is 0 Å². The SMILES string of the molecule is Cc1ccc(OCC(=O)N(CCCN2CCOCC2)c2nc3ccc(Cl)cc3s2)cc1. The van der Waals surface area contributed by atoms with Gasteiger partial charge in [-0.15, -0.1) is 0 Å². The number of rotatable bonds is 8. The number of thiazole rings is 1. The molecule has 0 atom stereocenters. The average Bonchev–Trinajstić information content (AvgIpc) is 3.19. The number of ether oxygens (including phenoxy) is 2. The third kappa shape index (κ3) is 5.95. The molecule has 0 unspecified atom stereocenters. The molecule has 1 fully saturated rings. The van der Waals surface area contributed by atoms with E-state index in [1.54, 1.807) is 4.90 Å². The smallest absolute Gasteiger partial charge is 0.266 e. The minimum Gasteiger partial charge on any atom is -0.484 e. The lowest BCUT2D eigenvalue weighted by Gasteiger charge is -2.27. The highest BCUT2D eigenvalue weighted by Gasteiger charge is 2.21. The average molecular weight is 460 g/mol. The van der Waals surface area contributed by atoms with Crippen LogP contribution < -0.4 is 9.64 Å². The van der Waals surface area contributed by atoms with Gasteiger partial charge in [0, 0.05) is 31.2 Å². The zero-order valence-corrected chi connectivity index (χ0v) is 19.1. The molecule has 1 aliphatic heterocycles. The van der Waals surface area contributed by atoms with E-state index in [9.17, 15) is 4.79 Å². The van der Waals surface area contributed by atoms with Gasteiger partial charge in [-0.1, -0.05) is 40.6 Å². The number of hydrogen-bond acceptors (Lipinski definition) is 6. The number of nitrogens with zero attached hydrogens (tertiary/aromatic N) is 3. The van der Waals surface area contributed by atoms with Crippen molar-refractivity contribution in [2.45, 2.75) is 13.3 Å². The van der Waals surface area contributed by atoms with Crippen LogP contribution in [0.25, 0.3) is 10.2 Å². The standard InChI is InChI=1S/C23H26ClN3O3S/c1-17-3-6-19(7-4-17)30-16-22(28)27(10-2-9-26-11-13-29-14-12-26)23-25-20-8-5-18(24)15-21(20)31-23/h3-8,15H,2,9-14,16H2,1H3. The molecule has 1 aliphatic rings. The van der Waals surface area contributed by atoms with E-state index in [1.165, 1.54) is 11.3 Å². The normalized spacial score (nSPS) is 14.6. The zero-order valence-electron chi connectivity index (χ0n) is 17.6. The number of anilines is 1. The number of hydrogen-bond donors (Lipinski definition) is 0. The van der Waals surface area contributed by atoms with Crippen molar-refractivity contribution in [1.82, 2.24) is 9.88 Å². The molecule has 0 bridgehead atoms. The van der Waals surface area contributed by atoms with Crippen LogP contribution in [0.2, 0.25) is 5.02 Å². The lowest BCUT2D eigenvalue weighted by Crippen LogP contribution is -2.40. The Balaban J connectivity index is 1.46. The number of aromatic nitrogens is 1. The molecule has 0 radical (unpaired) electrons. The van der Waals surface area contributed by atoms with E-state index in [1.807, 2.05) is 49.4 Å². The summed E-state index contributed by atoms with van der Waals surface area (Å²) in [6.45, 7) is 6.90. The number of halogens is 1. The van der Waals surface area contributed by atoms with E-state index in [4.69, 9.17) is 21.1 Å². The Kier molecular flexibility index (Phi) is 7.40. The first-order chi connectivity index (χ1) is 15.1. The molecule has 31 heavy (non-hydrogen) atoms. The number of benzene rings is 2. The minimum atomic E-state index is -0.104. The van der Waals surface area contributed by atoms with Gasteiger partial charge in [-0.25, -0.2) is 4.98 Å². The van der Waals surface area contributed by atoms with Gasteiger partial charge in [0.2, 0.25) is 0 Å². The third-order valence-electron chi connectivity index (χ3n) is 5.21. The Labute approximate surface area is 191 Å². The van der Waals surface area contributed by atoms with Crippen molar-refractivity contribution >= 4 is 44.2 Å². The van der Waals surface area contributed by atoms with Crippen LogP contribution in [0.15, 0.2) is 42.5 Å². The fourth-order valence-electron chi connectivity index (χ4n) is 3.46. The van der Waals surface area contributed by atoms with Crippen LogP contribution in [-0.4, -0.2) is 61.8 Å². The van der Waals surface area contributed by atoms with Gasteiger partial charge in [0.15, 0.2) is 11.7 Å². The second-order valence-electron chi connectivity index (χ2n) is 7.56. The monoisotopic (exact) mass is 459 g/mol. The summed E-state index contributed by atoms with van der Waals surface area (Å²) in [5.74, 6) is 0.580. The van der Waals surface area contributed by atoms with Crippen LogP contribution in [0.3, 0.4) is 0 Å². The molecule has 0 spiro atoms. The fraction of sp³-hybridized carbons (Fsp3) is 0.391. The predicted molar refractivity (Wildman–Crippen MR) is 126 cm³/mol. The first-order valence-corrected chi connectivity index (χ1v) is 11.6. The van der Waals surface area contributed by atoms with E-state index >= 15 is 0 Å². The number of fused-ring (bicyclic) bond motifs is 1. The van der Waals surface area contributed by atoms with Gasteiger partial charge in [0.25, 0.3) is 5.91 Å². The third-order valence-corrected chi connectivity index (χ3v) is 6.49. The number of carbonyl (C=O) groups is 1. The molecule has 0 saturated carbocycles. The number of morpholine rings is 1. The van der Waals surface area contributed by atoms with Gasteiger partial charge in [-0.05, 0) is 43.7 Å². The molecular weight excluding hydrogens is 434 g/mol. The van der Waals surface area contributed by atoms with Crippen LogP contribution in [0, 0.1) is 6.92 Å². The zero-order chi connectivity index (χ0) is 21.6. The molecule has 6 nitrogen and oxygen atoms in total. The Morgan fingerprint density at radius 1 is 1.23 bits per heavy atom. The van der Waals surface area contributed by atoms with E-state index in [-0.39, 0.29) is 12.5 Å². The number of amides is 1. The van der Waals surface area contributed by atoms with Crippen LogP contribution in [0.4, 0.5) is 5.13 Å². The van der Waals surface area contributed by atoms with E-state index in [0.717, 1.165) is 55.0 Å². The molecule has 3 aromatic rings.